The first-order valence-electron chi connectivity index (χ1n) is 11.3. The molecule has 0 bridgehead atoms. The van der Waals surface area contributed by atoms with Gasteiger partial charge in [0, 0.05) is 38.1 Å². The van der Waals surface area contributed by atoms with Crippen molar-refractivity contribution >= 4 is 46.0 Å². The third kappa shape index (κ3) is 4.80. The zero-order valence-electron chi connectivity index (χ0n) is 20.5. The van der Waals surface area contributed by atoms with E-state index in [4.69, 9.17) is 0 Å². The van der Waals surface area contributed by atoms with Crippen LogP contribution in [0.15, 0.2) is 72.4 Å². The molecule has 3 aromatic rings. The number of nitrogens with zero attached hydrogens (tertiary/aromatic N) is 2. The number of imide groups is 1. The molecule has 0 spiro atoms. The lowest BCUT2D eigenvalue weighted by Gasteiger charge is -2.18. The standard InChI is InChI=1S/C28H28N4O3/c1-17-6-7-20(16-18(17)2)25-26(30-22-10-8-21(9-11-22)29-19(3)33)28(35)32(27(25)34)24-14-12-23(13-15-24)31(4)5/h6-16,30H,1-5H3,(H,29,33). The summed E-state index contributed by atoms with van der Waals surface area (Å²) >= 11 is 0. The summed E-state index contributed by atoms with van der Waals surface area (Å²) < 4.78 is 0. The van der Waals surface area contributed by atoms with E-state index in [1.54, 1.807) is 36.4 Å². The molecule has 0 unspecified atom stereocenters. The number of carbonyl (C=O) groups excluding carboxylic acids is 3. The molecule has 1 aliphatic heterocycles. The van der Waals surface area contributed by atoms with Crippen LogP contribution < -0.4 is 20.4 Å². The quantitative estimate of drug-likeness (QED) is 0.512. The third-order valence-corrected chi connectivity index (χ3v) is 5.98. The van der Waals surface area contributed by atoms with Crippen LogP contribution in [0.4, 0.5) is 22.7 Å². The van der Waals surface area contributed by atoms with Gasteiger partial charge in [-0.3, -0.25) is 14.4 Å². The van der Waals surface area contributed by atoms with Crippen molar-refractivity contribution in [3.8, 4) is 0 Å². The molecule has 0 aromatic heterocycles. The Labute approximate surface area is 205 Å². The Morgan fingerprint density at radius 1 is 0.800 bits per heavy atom. The third-order valence-electron chi connectivity index (χ3n) is 5.98. The summed E-state index contributed by atoms with van der Waals surface area (Å²) in [6.07, 6.45) is 0. The molecule has 0 atom stereocenters. The molecule has 7 nitrogen and oxygen atoms in total. The van der Waals surface area contributed by atoms with Crippen LogP contribution in [0.25, 0.3) is 5.57 Å². The molecule has 1 aliphatic rings. The predicted octanol–water partition coefficient (Wildman–Crippen LogP) is 4.72. The van der Waals surface area contributed by atoms with Gasteiger partial charge in [-0.1, -0.05) is 18.2 Å². The maximum Gasteiger partial charge on any atom is 0.282 e. The lowest BCUT2D eigenvalue weighted by atomic mass is 9.99. The van der Waals surface area contributed by atoms with E-state index < -0.39 is 5.91 Å². The van der Waals surface area contributed by atoms with Crippen molar-refractivity contribution in [3.05, 3.63) is 89.1 Å². The highest BCUT2D eigenvalue weighted by atomic mass is 16.2. The van der Waals surface area contributed by atoms with Crippen LogP contribution in [0.5, 0.6) is 0 Å². The molecule has 0 aliphatic carbocycles. The first kappa shape index (κ1) is 23.8. The summed E-state index contributed by atoms with van der Waals surface area (Å²) in [5.41, 5.74) is 6.08. The number of amides is 3. The molecule has 0 radical (unpaired) electrons. The van der Waals surface area contributed by atoms with Crippen LogP contribution in [0.2, 0.25) is 0 Å². The summed E-state index contributed by atoms with van der Waals surface area (Å²) in [4.78, 5) is 41.7. The molecule has 35 heavy (non-hydrogen) atoms. The van der Waals surface area contributed by atoms with E-state index in [-0.39, 0.29) is 17.5 Å². The summed E-state index contributed by atoms with van der Waals surface area (Å²) in [5, 5.41) is 5.88. The molecule has 0 saturated carbocycles. The Kier molecular flexibility index (Phi) is 6.42. The van der Waals surface area contributed by atoms with E-state index in [0.29, 0.717) is 28.2 Å². The number of aryl methyl sites for hydroxylation is 2. The second-order valence-corrected chi connectivity index (χ2v) is 8.79. The van der Waals surface area contributed by atoms with Gasteiger partial charge in [-0.15, -0.1) is 0 Å². The second kappa shape index (κ2) is 9.46. The monoisotopic (exact) mass is 468 g/mol. The Bertz CT molecular complexity index is 1340. The SMILES string of the molecule is CC(=O)Nc1ccc(NC2=C(c3ccc(C)c(C)c3)C(=O)N(c3ccc(N(C)C)cc3)C2=O)cc1. The maximum atomic E-state index is 13.7. The minimum absolute atomic E-state index is 0.169. The van der Waals surface area contributed by atoms with E-state index >= 15 is 0 Å². The van der Waals surface area contributed by atoms with Gasteiger partial charge in [0.15, 0.2) is 0 Å². The minimum atomic E-state index is -0.424. The fourth-order valence-electron chi connectivity index (χ4n) is 3.93. The topological polar surface area (TPSA) is 81.8 Å². The van der Waals surface area contributed by atoms with Gasteiger partial charge in [-0.25, -0.2) is 4.90 Å². The minimum Gasteiger partial charge on any atom is -0.378 e. The molecular weight excluding hydrogens is 440 g/mol. The number of rotatable bonds is 6. The molecule has 4 rings (SSSR count). The molecule has 2 N–H and O–H groups in total. The van der Waals surface area contributed by atoms with E-state index in [2.05, 4.69) is 10.6 Å². The largest absolute Gasteiger partial charge is 0.378 e. The highest BCUT2D eigenvalue weighted by Crippen LogP contribution is 2.35. The molecule has 178 valence electrons. The van der Waals surface area contributed by atoms with Gasteiger partial charge in [-0.05, 0) is 79.1 Å². The van der Waals surface area contributed by atoms with Gasteiger partial charge in [0.25, 0.3) is 11.8 Å². The Balaban J connectivity index is 1.75. The van der Waals surface area contributed by atoms with Crippen molar-refractivity contribution in [2.75, 3.05) is 34.5 Å². The van der Waals surface area contributed by atoms with Crippen molar-refractivity contribution in [3.63, 3.8) is 0 Å². The average Bonchev–Trinajstić information content (AvgIpc) is 3.06. The Morgan fingerprint density at radius 3 is 2.00 bits per heavy atom. The molecule has 3 aromatic carbocycles. The summed E-state index contributed by atoms with van der Waals surface area (Å²) in [5.74, 6) is -0.974. The first-order chi connectivity index (χ1) is 16.7. The van der Waals surface area contributed by atoms with Crippen molar-refractivity contribution in [1.82, 2.24) is 0 Å². The molecule has 0 fully saturated rings. The summed E-state index contributed by atoms with van der Waals surface area (Å²) in [7, 11) is 3.86. The lowest BCUT2D eigenvalue weighted by Crippen LogP contribution is -2.32. The van der Waals surface area contributed by atoms with Crippen LogP contribution >= 0.6 is 0 Å². The van der Waals surface area contributed by atoms with Crippen molar-refractivity contribution in [2.45, 2.75) is 20.8 Å². The fourth-order valence-corrected chi connectivity index (χ4v) is 3.93. The number of anilines is 4. The molecule has 1 heterocycles. The normalized spacial score (nSPS) is 13.3. The van der Waals surface area contributed by atoms with Crippen molar-refractivity contribution in [2.24, 2.45) is 0 Å². The highest BCUT2D eigenvalue weighted by Gasteiger charge is 2.40. The van der Waals surface area contributed by atoms with Gasteiger partial charge in [-0.2, -0.15) is 0 Å². The van der Waals surface area contributed by atoms with Crippen LogP contribution in [-0.4, -0.2) is 31.8 Å². The van der Waals surface area contributed by atoms with Gasteiger partial charge in [0.05, 0.1) is 11.3 Å². The smallest absolute Gasteiger partial charge is 0.282 e. The van der Waals surface area contributed by atoms with Crippen LogP contribution in [-0.2, 0) is 14.4 Å². The molecule has 0 saturated heterocycles. The molecule has 7 heteroatoms. The number of hydrogen-bond acceptors (Lipinski definition) is 5. The molecular formula is C28H28N4O3. The van der Waals surface area contributed by atoms with Gasteiger partial charge < -0.3 is 15.5 Å². The van der Waals surface area contributed by atoms with E-state index in [9.17, 15) is 14.4 Å². The number of nitrogens with one attached hydrogen (secondary N) is 2. The zero-order valence-corrected chi connectivity index (χ0v) is 20.5. The van der Waals surface area contributed by atoms with E-state index in [1.165, 1.54) is 11.8 Å². The lowest BCUT2D eigenvalue weighted by molar-refractivity contribution is -0.120. The van der Waals surface area contributed by atoms with E-state index in [1.807, 2.05) is 63.2 Å². The van der Waals surface area contributed by atoms with Crippen LogP contribution in [0.1, 0.15) is 23.6 Å². The van der Waals surface area contributed by atoms with Gasteiger partial charge in [0.1, 0.15) is 5.70 Å². The molecule has 3 amide bonds. The Morgan fingerprint density at radius 2 is 1.43 bits per heavy atom. The predicted molar refractivity (Wildman–Crippen MR) is 140 cm³/mol. The van der Waals surface area contributed by atoms with Crippen molar-refractivity contribution < 1.29 is 14.4 Å². The fraction of sp³-hybridized carbons (Fsp3) is 0.179. The number of hydrogen-bond donors (Lipinski definition) is 2. The number of benzene rings is 3. The van der Waals surface area contributed by atoms with Gasteiger partial charge >= 0.3 is 0 Å². The zero-order chi connectivity index (χ0) is 25.3. The second-order valence-electron chi connectivity index (χ2n) is 8.79. The van der Waals surface area contributed by atoms with Crippen molar-refractivity contribution in [1.29, 1.82) is 0 Å². The summed E-state index contributed by atoms with van der Waals surface area (Å²) in [6, 6.07) is 20.0. The maximum absolute atomic E-state index is 13.7. The van der Waals surface area contributed by atoms with Crippen LogP contribution in [0, 0.1) is 13.8 Å². The first-order valence-corrected chi connectivity index (χ1v) is 11.3. The highest BCUT2D eigenvalue weighted by molar-refractivity contribution is 6.46. The average molecular weight is 469 g/mol. The number of carbonyl (C=O) groups is 3. The van der Waals surface area contributed by atoms with Crippen LogP contribution in [0.3, 0.4) is 0 Å². The van der Waals surface area contributed by atoms with E-state index in [0.717, 1.165) is 16.8 Å². The van der Waals surface area contributed by atoms with Gasteiger partial charge in [0.2, 0.25) is 5.91 Å². The summed E-state index contributed by atoms with van der Waals surface area (Å²) in [6.45, 7) is 5.42. The Hall–Kier alpha value is -4.39.